The van der Waals surface area contributed by atoms with Crippen LogP contribution in [-0.4, -0.2) is 17.4 Å². The molecule has 1 aliphatic rings. The summed E-state index contributed by atoms with van der Waals surface area (Å²) in [5.74, 6) is 1.66. The second kappa shape index (κ2) is 7.64. The first-order valence-electron chi connectivity index (χ1n) is 7.88. The first-order valence-corrected chi connectivity index (χ1v) is 7.88. The van der Waals surface area contributed by atoms with Crippen LogP contribution in [0.4, 0.5) is 0 Å². The molecule has 0 spiro atoms. The summed E-state index contributed by atoms with van der Waals surface area (Å²) in [6, 6.07) is 21.1. The largest absolute Gasteiger partial charge is 0.334 e. The molecule has 0 bridgehead atoms. The summed E-state index contributed by atoms with van der Waals surface area (Å²) in [6.07, 6.45) is 8.43. The van der Waals surface area contributed by atoms with Gasteiger partial charge in [0.15, 0.2) is 0 Å². The smallest absolute Gasteiger partial charge is 0.103 e. The number of nitrogens with zero attached hydrogens (tertiary/aromatic N) is 2. The number of benzene rings is 2. The molecule has 2 radical (unpaired) electrons. The lowest BCUT2D eigenvalue weighted by Gasteiger charge is -2.07. The van der Waals surface area contributed by atoms with Gasteiger partial charge in [0, 0.05) is 18.4 Å². The number of hydrogen-bond donors (Lipinski definition) is 0. The second-order valence-corrected chi connectivity index (χ2v) is 5.55. The third kappa shape index (κ3) is 4.23. The van der Waals surface area contributed by atoms with Crippen LogP contribution in [0.5, 0.6) is 0 Å². The molecule has 2 aromatic carbocycles. The van der Waals surface area contributed by atoms with Crippen molar-refractivity contribution in [2.45, 2.75) is 18.9 Å². The Morgan fingerprint density at radius 2 is 1.52 bits per heavy atom. The fourth-order valence-electron chi connectivity index (χ4n) is 2.45. The van der Waals surface area contributed by atoms with Gasteiger partial charge in [0.2, 0.25) is 0 Å². The average Bonchev–Trinajstić information content (AvgIpc) is 3.33. The monoisotopic (exact) mass is 298 g/mol. The molecule has 3 heteroatoms. The van der Waals surface area contributed by atoms with Crippen LogP contribution < -0.4 is 0 Å². The fraction of sp³-hybridized carbons (Fsp3) is 0.150. The summed E-state index contributed by atoms with van der Waals surface area (Å²) in [6.45, 7) is 0. The molecule has 1 fully saturated rings. The molecule has 112 valence electrons. The summed E-state index contributed by atoms with van der Waals surface area (Å²) < 4.78 is 2.17. The minimum atomic E-state index is 0.789. The van der Waals surface area contributed by atoms with Gasteiger partial charge in [-0.25, -0.2) is 4.98 Å². The maximum Gasteiger partial charge on any atom is 0.103 e. The van der Waals surface area contributed by atoms with E-state index in [1.165, 1.54) is 12.8 Å². The molecule has 0 saturated heterocycles. The predicted molar refractivity (Wildman–Crippen MR) is 96.2 cm³/mol. The van der Waals surface area contributed by atoms with Gasteiger partial charge in [-0.05, 0) is 29.5 Å². The molecular formula is C20H19BN2. The van der Waals surface area contributed by atoms with Crippen LogP contribution in [0.2, 0.25) is 0 Å². The molecule has 0 atom stereocenters. The molecule has 0 amide bonds. The highest BCUT2D eigenvalue weighted by Crippen LogP contribution is 2.33. The molecule has 0 aliphatic heterocycles. The SMILES string of the molecule is [B]C=C(c1ccccc1)c1ccccc1.c1cn(C2CC2)cn1. The average molecular weight is 298 g/mol. The van der Waals surface area contributed by atoms with Crippen LogP contribution in [0.15, 0.2) is 85.4 Å². The molecule has 1 heterocycles. The Morgan fingerprint density at radius 3 is 1.91 bits per heavy atom. The van der Waals surface area contributed by atoms with Crippen molar-refractivity contribution in [2.24, 2.45) is 0 Å². The Kier molecular flexibility index (Phi) is 5.10. The van der Waals surface area contributed by atoms with E-state index < -0.39 is 0 Å². The van der Waals surface area contributed by atoms with Crippen molar-refractivity contribution in [2.75, 3.05) is 0 Å². The standard InChI is InChI=1S/C14H11B.C6H8N2/c15-11-14(12-7-3-1-4-8-12)13-9-5-2-6-10-13;1-2-6(1)8-4-3-7-5-8/h1-11H;3-6H,1-2H2. The highest BCUT2D eigenvalue weighted by atomic mass is 15.1. The van der Waals surface area contributed by atoms with E-state index in [1.54, 1.807) is 5.98 Å². The third-order valence-electron chi connectivity index (χ3n) is 3.83. The minimum absolute atomic E-state index is 0.789. The lowest BCUT2D eigenvalue weighted by Crippen LogP contribution is -1.87. The summed E-state index contributed by atoms with van der Waals surface area (Å²) in [5, 5.41) is 0. The molecule has 1 aromatic heterocycles. The first kappa shape index (κ1) is 15.4. The van der Waals surface area contributed by atoms with Crippen molar-refractivity contribution in [1.82, 2.24) is 9.55 Å². The highest BCUT2D eigenvalue weighted by Gasteiger charge is 2.21. The zero-order valence-corrected chi connectivity index (χ0v) is 13.0. The Hall–Kier alpha value is -2.55. The van der Waals surface area contributed by atoms with E-state index in [0.29, 0.717) is 0 Å². The van der Waals surface area contributed by atoms with E-state index in [4.69, 9.17) is 7.85 Å². The highest BCUT2D eigenvalue weighted by molar-refractivity contribution is 6.21. The maximum atomic E-state index is 5.67. The van der Waals surface area contributed by atoms with Gasteiger partial charge in [-0.3, -0.25) is 0 Å². The van der Waals surface area contributed by atoms with Gasteiger partial charge in [-0.1, -0.05) is 60.7 Å². The lowest BCUT2D eigenvalue weighted by atomic mass is 9.92. The molecule has 2 nitrogen and oxygen atoms in total. The Labute approximate surface area is 138 Å². The Morgan fingerprint density at radius 1 is 0.957 bits per heavy atom. The molecular weight excluding hydrogens is 279 g/mol. The van der Waals surface area contributed by atoms with Crippen LogP contribution in [-0.2, 0) is 0 Å². The molecule has 1 aliphatic carbocycles. The van der Waals surface area contributed by atoms with Crippen molar-refractivity contribution in [3.8, 4) is 0 Å². The van der Waals surface area contributed by atoms with E-state index in [-0.39, 0.29) is 0 Å². The summed E-state index contributed by atoms with van der Waals surface area (Å²) in [7, 11) is 5.67. The number of hydrogen-bond acceptors (Lipinski definition) is 1. The predicted octanol–water partition coefficient (Wildman–Crippen LogP) is 4.46. The van der Waals surface area contributed by atoms with Crippen LogP contribution in [0, 0.1) is 0 Å². The number of rotatable bonds is 3. The maximum absolute atomic E-state index is 5.67. The van der Waals surface area contributed by atoms with Gasteiger partial charge in [0.1, 0.15) is 7.85 Å². The normalized spacial score (nSPS) is 12.9. The van der Waals surface area contributed by atoms with E-state index in [0.717, 1.165) is 22.7 Å². The molecule has 1 saturated carbocycles. The van der Waals surface area contributed by atoms with E-state index in [9.17, 15) is 0 Å². The van der Waals surface area contributed by atoms with Crippen LogP contribution in [0.3, 0.4) is 0 Å². The number of imidazole rings is 1. The summed E-state index contributed by atoms with van der Waals surface area (Å²) in [5.41, 5.74) is 3.36. The van der Waals surface area contributed by atoms with Gasteiger partial charge in [0.05, 0.1) is 6.33 Å². The van der Waals surface area contributed by atoms with Gasteiger partial charge in [-0.2, -0.15) is 0 Å². The Bertz CT molecular complexity index is 688. The lowest BCUT2D eigenvalue weighted by molar-refractivity contribution is 0.740. The minimum Gasteiger partial charge on any atom is -0.334 e. The van der Waals surface area contributed by atoms with Crippen molar-refractivity contribution in [1.29, 1.82) is 0 Å². The van der Waals surface area contributed by atoms with Crippen molar-refractivity contribution < 1.29 is 0 Å². The summed E-state index contributed by atoms with van der Waals surface area (Å²) >= 11 is 0. The zero-order valence-electron chi connectivity index (χ0n) is 13.0. The van der Waals surface area contributed by atoms with Gasteiger partial charge in [-0.15, -0.1) is 5.98 Å². The van der Waals surface area contributed by atoms with Gasteiger partial charge in [0.25, 0.3) is 0 Å². The van der Waals surface area contributed by atoms with Crippen LogP contribution in [0.25, 0.3) is 5.57 Å². The van der Waals surface area contributed by atoms with E-state index >= 15 is 0 Å². The molecule has 23 heavy (non-hydrogen) atoms. The van der Waals surface area contributed by atoms with Gasteiger partial charge >= 0.3 is 0 Å². The van der Waals surface area contributed by atoms with Crippen LogP contribution in [0.1, 0.15) is 30.0 Å². The Balaban J connectivity index is 0.000000162. The fourth-order valence-corrected chi connectivity index (χ4v) is 2.45. The molecule has 3 aromatic rings. The number of aromatic nitrogens is 2. The third-order valence-corrected chi connectivity index (χ3v) is 3.83. The topological polar surface area (TPSA) is 17.8 Å². The quantitative estimate of drug-likeness (QED) is 0.653. The molecule has 0 unspecified atom stereocenters. The second-order valence-electron chi connectivity index (χ2n) is 5.55. The van der Waals surface area contributed by atoms with E-state index in [1.807, 2.05) is 55.1 Å². The van der Waals surface area contributed by atoms with Crippen molar-refractivity contribution >= 4 is 13.4 Å². The first-order chi connectivity index (χ1) is 11.4. The molecule has 0 N–H and O–H groups in total. The van der Waals surface area contributed by atoms with Crippen molar-refractivity contribution in [3.05, 3.63) is 96.5 Å². The van der Waals surface area contributed by atoms with E-state index in [2.05, 4.69) is 33.8 Å². The zero-order chi connectivity index (χ0) is 15.9. The molecule has 4 rings (SSSR count). The summed E-state index contributed by atoms with van der Waals surface area (Å²) in [4.78, 5) is 3.95. The van der Waals surface area contributed by atoms with Crippen molar-refractivity contribution in [3.63, 3.8) is 0 Å². The van der Waals surface area contributed by atoms with Gasteiger partial charge < -0.3 is 4.57 Å². The van der Waals surface area contributed by atoms with Crippen LogP contribution >= 0.6 is 0 Å².